The Balaban J connectivity index is 2.09. The normalized spacial score (nSPS) is 16.0. The zero-order valence-electron chi connectivity index (χ0n) is 41.5. The van der Waals surface area contributed by atoms with Crippen LogP contribution in [-0.2, 0) is 43.4 Å². The molecule has 62 heavy (non-hydrogen) atoms. The van der Waals surface area contributed by atoms with Crippen molar-refractivity contribution in [3.05, 3.63) is 70.8 Å². The summed E-state index contributed by atoms with van der Waals surface area (Å²) in [4.78, 5) is 9.37. The second-order valence-corrected chi connectivity index (χ2v) is 26.8. The first-order chi connectivity index (χ1) is 28.9. The average Bonchev–Trinajstić information content (AvgIpc) is 3.18. The SMILES string of the molecule is CCCOc1c2cc(C(C)(C)C)cc1[S+](C)c1cc(C(C)(C)C)cc(c1OCCC)Sc1cc(C(C)(C)C)cc(c1OCCC)[S+](C)c1cc(C(C)(C)C)cc(c1OCCC)S2. The predicted octanol–water partition coefficient (Wildman–Crippen LogP) is 16.0. The van der Waals surface area contributed by atoms with Gasteiger partial charge in [0.15, 0.2) is 23.0 Å². The highest BCUT2D eigenvalue weighted by molar-refractivity contribution is 8.00. The summed E-state index contributed by atoms with van der Waals surface area (Å²) in [7, 11) is -0.895. The van der Waals surface area contributed by atoms with Crippen LogP contribution in [0.5, 0.6) is 23.0 Å². The van der Waals surface area contributed by atoms with Gasteiger partial charge in [0.1, 0.15) is 12.5 Å². The smallest absolute Gasteiger partial charge is 0.203 e. The lowest BCUT2D eigenvalue weighted by Gasteiger charge is -2.27. The summed E-state index contributed by atoms with van der Waals surface area (Å²) < 4.78 is 28.1. The second-order valence-electron chi connectivity index (χ2n) is 20.8. The number of fused-ring (bicyclic) bond motifs is 8. The number of hydrogen-bond acceptors (Lipinski definition) is 6. The highest BCUT2D eigenvalue weighted by Crippen LogP contribution is 2.54. The molecule has 5 rings (SSSR count). The molecule has 8 bridgehead atoms. The van der Waals surface area contributed by atoms with E-state index in [1.54, 1.807) is 0 Å². The minimum atomic E-state index is -0.447. The van der Waals surface area contributed by atoms with Gasteiger partial charge in [-0.25, -0.2) is 0 Å². The van der Waals surface area contributed by atoms with E-state index in [9.17, 15) is 0 Å². The Morgan fingerprint density at radius 2 is 0.548 bits per heavy atom. The van der Waals surface area contributed by atoms with Crippen molar-refractivity contribution in [2.45, 2.75) is 197 Å². The van der Waals surface area contributed by atoms with Gasteiger partial charge in [0.25, 0.3) is 0 Å². The minimum absolute atomic E-state index is 0.105. The first kappa shape index (κ1) is 50.5. The van der Waals surface area contributed by atoms with Crippen LogP contribution < -0.4 is 18.9 Å². The third-order valence-corrected chi connectivity index (χ3v) is 17.1. The topological polar surface area (TPSA) is 36.9 Å². The summed E-state index contributed by atoms with van der Waals surface area (Å²) >= 11 is 3.63. The van der Waals surface area contributed by atoms with Gasteiger partial charge in [-0.05, 0) is 93.9 Å². The molecule has 0 N–H and O–H groups in total. The number of benzene rings is 4. The van der Waals surface area contributed by atoms with Gasteiger partial charge in [0.2, 0.25) is 19.6 Å². The van der Waals surface area contributed by atoms with Gasteiger partial charge in [-0.2, -0.15) is 0 Å². The van der Waals surface area contributed by atoms with Crippen molar-refractivity contribution >= 4 is 45.3 Å². The van der Waals surface area contributed by atoms with Crippen LogP contribution in [-0.4, -0.2) is 38.9 Å². The molecule has 0 atom stereocenters. The fraction of sp³-hybridized carbons (Fsp3) is 0.556. The minimum Gasteiger partial charge on any atom is -0.487 e. The van der Waals surface area contributed by atoms with Gasteiger partial charge in [0.05, 0.1) is 67.8 Å². The van der Waals surface area contributed by atoms with E-state index in [0.717, 1.165) is 68.3 Å². The molecule has 0 saturated carbocycles. The van der Waals surface area contributed by atoms with Gasteiger partial charge in [-0.3, -0.25) is 0 Å². The maximum absolute atomic E-state index is 7.02. The summed E-state index contributed by atoms with van der Waals surface area (Å²) in [6.45, 7) is 39.2. The van der Waals surface area contributed by atoms with Crippen LogP contribution in [0.2, 0.25) is 0 Å². The van der Waals surface area contributed by atoms with E-state index in [2.05, 4.69) is 172 Å². The Labute approximate surface area is 391 Å². The molecule has 0 aliphatic carbocycles. The molecule has 0 unspecified atom stereocenters. The lowest BCUT2D eigenvalue weighted by molar-refractivity contribution is 0.298. The van der Waals surface area contributed by atoms with Crippen LogP contribution in [0.4, 0.5) is 0 Å². The maximum atomic E-state index is 7.02. The van der Waals surface area contributed by atoms with E-state index >= 15 is 0 Å². The molecule has 0 amide bonds. The summed E-state index contributed by atoms with van der Waals surface area (Å²) in [6, 6.07) is 19.3. The Morgan fingerprint density at radius 3 is 0.710 bits per heavy atom. The highest BCUT2D eigenvalue weighted by atomic mass is 32.2. The van der Waals surface area contributed by atoms with Crippen LogP contribution in [0, 0.1) is 0 Å². The van der Waals surface area contributed by atoms with Crippen LogP contribution in [0.25, 0.3) is 0 Å². The summed E-state index contributed by atoms with van der Waals surface area (Å²) in [5, 5.41) is 0. The van der Waals surface area contributed by atoms with Crippen molar-refractivity contribution in [3.63, 3.8) is 0 Å². The molecular weight excluding hydrogens is 841 g/mol. The molecule has 0 saturated heterocycles. The van der Waals surface area contributed by atoms with Crippen LogP contribution in [0.3, 0.4) is 0 Å². The first-order valence-electron chi connectivity index (χ1n) is 22.9. The van der Waals surface area contributed by atoms with E-state index in [4.69, 9.17) is 18.9 Å². The molecule has 8 heteroatoms. The molecule has 340 valence electrons. The Kier molecular flexibility index (Phi) is 16.6. The zero-order valence-corrected chi connectivity index (χ0v) is 44.8. The largest absolute Gasteiger partial charge is 0.487 e. The quantitative estimate of drug-likeness (QED) is 0.132. The third-order valence-electron chi connectivity index (χ3n) is 11.1. The van der Waals surface area contributed by atoms with Crippen molar-refractivity contribution in [3.8, 4) is 23.0 Å². The molecule has 1 aliphatic heterocycles. The predicted molar refractivity (Wildman–Crippen MR) is 272 cm³/mol. The van der Waals surface area contributed by atoms with Crippen LogP contribution >= 0.6 is 23.5 Å². The van der Waals surface area contributed by atoms with E-state index in [1.807, 2.05) is 23.5 Å². The lowest BCUT2D eigenvalue weighted by Crippen LogP contribution is -2.18. The third kappa shape index (κ3) is 11.6. The Hall–Kier alpha value is -2.52. The zero-order chi connectivity index (χ0) is 45.9. The van der Waals surface area contributed by atoms with E-state index < -0.39 is 21.8 Å². The molecule has 1 heterocycles. The molecular formula is C54H78O4S4+2. The maximum Gasteiger partial charge on any atom is 0.203 e. The molecule has 4 aromatic carbocycles. The summed E-state index contributed by atoms with van der Waals surface area (Å²) in [5.74, 6) is 3.87. The average molecular weight is 919 g/mol. The van der Waals surface area contributed by atoms with E-state index in [0.29, 0.717) is 26.4 Å². The van der Waals surface area contributed by atoms with Crippen LogP contribution in [0.1, 0.15) is 159 Å². The van der Waals surface area contributed by atoms with Crippen molar-refractivity contribution < 1.29 is 18.9 Å². The van der Waals surface area contributed by atoms with Gasteiger partial charge < -0.3 is 18.9 Å². The van der Waals surface area contributed by atoms with Crippen LogP contribution in [0.15, 0.2) is 87.7 Å². The van der Waals surface area contributed by atoms with Gasteiger partial charge in [-0.1, -0.05) is 134 Å². The summed E-state index contributed by atoms with van der Waals surface area (Å²) in [6.07, 6.45) is 8.43. The van der Waals surface area contributed by atoms with Crippen molar-refractivity contribution in [1.29, 1.82) is 0 Å². The molecule has 0 radical (unpaired) electrons. The number of rotatable bonds is 12. The molecule has 0 spiro atoms. The fourth-order valence-corrected chi connectivity index (χ4v) is 13.1. The number of hydrogen-bond donors (Lipinski definition) is 0. The van der Waals surface area contributed by atoms with Gasteiger partial charge in [0, 0.05) is 24.3 Å². The van der Waals surface area contributed by atoms with Crippen molar-refractivity contribution in [1.82, 2.24) is 0 Å². The fourth-order valence-electron chi connectivity index (χ4n) is 7.11. The summed E-state index contributed by atoms with van der Waals surface area (Å²) in [5.41, 5.74) is 4.74. The van der Waals surface area contributed by atoms with E-state index in [1.165, 1.54) is 41.8 Å². The van der Waals surface area contributed by atoms with Gasteiger partial charge >= 0.3 is 0 Å². The van der Waals surface area contributed by atoms with E-state index in [-0.39, 0.29) is 21.7 Å². The molecule has 4 nitrogen and oxygen atoms in total. The first-order valence-corrected chi connectivity index (χ1v) is 27.8. The Bertz CT molecular complexity index is 1880. The van der Waals surface area contributed by atoms with Crippen molar-refractivity contribution in [2.75, 3.05) is 38.9 Å². The number of ether oxygens (including phenoxy) is 4. The van der Waals surface area contributed by atoms with Gasteiger partial charge in [-0.15, -0.1) is 0 Å². The monoisotopic (exact) mass is 918 g/mol. The molecule has 1 aliphatic rings. The standard InChI is InChI=1S/C54H78O4S4/c1-19-23-55-47-39-27-35(51(5,6)7)31-43(47)61(17)44-32-37(53(11,12)13)29-41(49(44)57-25-21-3)60-42-30-38(54(14,15)16)34-46(50(42)58-26-22-4)62(18)45-33-36(52(8,9)10)28-40(59-39)48(45)56-24-20-2/h27-34H,19-26H2,1-18H3/q+2. The second kappa shape index (κ2) is 20.3. The lowest BCUT2D eigenvalue weighted by atomic mass is 9.87. The van der Waals surface area contributed by atoms with Crippen molar-refractivity contribution in [2.24, 2.45) is 0 Å². The highest BCUT2D eigenvalue weighted by Gasteiger charge is 2.39. The molecule has 0 fully saturated rings. The molecule has 0 aromatic heterocycles. The Morgan fingerprint density at radius 1 is 0.355 bits per heavy atom. The molecule has 4 aromatic rings.